The second-order valence-electron chi connectivity index (χ2n) is 4.06. The van der Waals surface area contributed by atoms with Gasteiger partial charge in [-0.05, 0) is 12.1 Å². The van der Waals surface area contributed by atoms with E-state index in [1.807, 2.05) is 35.0 Å². The summed E-state index contributed by atoms with van der Waals surface area (Å²) in [5.41, 5.74) is 1.57. The number of pyridine rings is 1. The van der Waals surface area contributed by atoms with Crippen LogP contribution in [0, 0.1) is 0 Å². The second kappa shape index (κ2) is 6.86. The van der Waals surface area contributed by atoms with Gasteiger partial charge in [0.15, 0.2) is 0 Å². The average Bonchev–Trinajstić information content (AvgIpc) is 2.80. The molecule has 6 nitrogen and oxygen atoms in total. The number of aromatic nitrogens is 2. The normalized spacial score (nSPS) is 10.8. The van der Waals surface area contributed by atoms with Crippen molar-refractivity contribution in [2.24, 2.45) is 0 Å². The number of aliphatic hydroxyl groups excluding tert-OH is 1. The van der Waals surface area contributed by atoms with Gasteiger partial charge in [-0.15, -0.1) is 0 Å². The highest BCUT2D eigenvalue weighted by molar-refractivity contribution is 5.78. The van der Waals surface area contributed by atoms with Gasteiger partial charge in [-0.1, -0.05) is 6.07 Å². The van der Waals surface area contributed by atoms with Crippen molar-refractivity contribution < 1.29 is 14.6 Å². The number of ether oxygens (including phenoxy) is 1. The molecule has 0 aliphatic carbocycles. The van der Waals surface area contributed by atoms with Gasteiger partial charge in [-0.2, -0.15) is 0 Å². The van der Waals surface area contributed by atoms with E-state index in [0.29, 0.717) is 19.8 Å². The first-order valence-electron chi connectivity index (χ1n) is 6.17. The Bertz CT molecular complexity index is 506. The number of hydrogen-bond acceptors (Lipinski definition) is 4. The standard InChI is InChI=1S/C13H17N3O3/c17-6-8-19-7-4-14-13(18)9-11-10-16-5-2-1-3-12(16)15-11/h1-3,5,10,17H,4,6-9H2,(H,14,18). The Kier molecular flexibility index (Phi) is 4.88. The largest absolute Gasteiger partial charge is 0.394 e. The monoisotopic (exact) mass is 263 g/mol. The molecule has 1 amide bonds. The zero-order valence-corrected chi connectivity index (χ0v) is 10.6. The predicted molar refractivity (Wildman–Crippen MR) is 69.8 cm³/mol. The van der Waals surface area contributed by atoms with Crippen molar-refractivity contribution in [2.45, 2.75) is 6.42 Å². The fraction of sp³-hybridized carbons (Fsp3) is 0.385. The molecule has 102 valence electrons. The van der Waals surface area contributed by atoms with Crippen molar-refractivity contribution >= 4 is 11.6 Å². The van der Waals surface area contributed by atoms with E-state index in [1.54, 1.807) is 0 Å². The molecule has 0 unspecified atom stereocenters. The maximum absolute atomic E-state index is 11.7. The minimum Gasteiger partial charge on any atom is -0.394 e. The molecule has 0 radical (unpaired) electrons. The summed E-state index contributed by atoms with van der Waals surface area (Å²) in [4.78, 5) is 16.0. The van der Waals surface area contributed by atoms with E-state index < -0.39 is 0 Å². The van der Waals surface area contributed by atoms with E-state index in [-0.39, 0.29) is 18.9 Å². The smallest absolute Gasteiger partial charge is 0.226 e. The molecule has 0 aliphatic rings. The van der Waals surface area contributed by atoms with Gasteiger partial charge >= 0.3 is 0 Å². The number of fused-ring (bicyclic) bond motifs is 1. The Labute approximate surface area is 111 Å². The fourth-order valence-electron chi connectivity index (χ4n) is 1.73. The van der Waals surface area contributed by atoms with Crippen LogP contribution < -0.4 is 5.32 Å². The van der Waals surface area contributed by atoms with E-state index in [9.17, 15) is 4.79 Å². The summed E-state index contributed by atoms with van der Waals surface area (Å²) < 4.78 is 6.93. The molecule has 0 aliphatic heterocycles. The van der Waals surface area contributed by atoms with Gasteiger partial charge in [0.05, 0.1) is 31.9 Å². The number of carbonyl (C=O) groups is 1. The van der Waals surface area contributed by atoms with E-state index in [2.05, 4.69) is 10.3 Å². The Balaban J connectivity index is 1.78. The lowest BCUT2D eigenvalue weighted by molar-refractivity contribution is -0.120. The molecule has 19 heavy (non-hydrogen) atoms. The first-order valence-corrected chi connectivity index (χ1v) is 6.17. The van der Waals surface area contributed by atoms with Gasteiger partial charge in [-0.3, -0.25) is 4.79 Å². The molecular formula is C13H17N3O3. The summed E-state index contributed by atoms with van der Waals surface area (Å²) in [6.07, 6.45) is 3.99. The highest BCUT2D eigenvalue weighted by atomic mass is 16.5. The molecule has 0 saturated heterocycles. The topological polar surface area (TPSA) is 75.9 Å². The van der Waals surface area contributed by atoms with Gasteiger partial charge < -0.3 is 19.6 Å². The van der Waals surface area contributed by atoms with Crippen LogP contribution >= 0.6 is 0 Å². The molecule has 2 N–H and O–H groups in total. The lowest BCUT2D eigenvalue weighted by atomic mass is 10.3. The van der Waals surface area contributed by atoms with Crippen LogP contribution in [0.2, 0.25) is 0 Å². The molecule has 0 saturated carbocycles. The predicted octanol–water partition coefficient (Wildman–Crippen LogP) is 0.00190. The van der Waals surface area contributed by atoms with Gasteiger partial charge in [0.2, 0.25) is 5.91 Å². The summed E-state index contributed by atoms with van der Waals surface area (Å²) in [6, 6.07) is 5.71. The molecule has 0 bridgehead atoms. The van der Waals surface area contributed by atoms with Crippen molar-refractivity contribution in [1.29, 1.82) is 0 Å². The molecule has 2 rings (SSSR count). The Morgan fingerprint density at radius 3 is 3.11 bits per heavy atom. The maximum Gasteiger partial charge on any atom is 0.226 e. The molecule has 0 fully saturated rings. The average molecular weight is 263 g/mol. The van der Waals surface area contributed by atoms with Crippen LogP contribution in [0.1, 0.15) is 5.69 Å². The lowest BCUT2D eigenvalue weighted by Crippen LogP contribution is -2.29. The number of amides is 1. The van der Waals surface area contributed by atoms with Crippen molar-refractivity contribution in [3.63, 3.8) is 0 Å². The number of nitrogens with one attached hydrogen (secondary N) is 1. The summed E-state index contributed by atoms with van der Waals surface area (Å²) in [5, 5.41) is 11.3. The first kappa shape index (κ1) is 13.5. The highest BCUT2D eigenvalue weighted by Gasteiger charge is 2.06. The van der Waals surface area contributed by atoms with Crippen LogP contribution in [-0.4, -0.2) is 46.8 Å². The zero-order chi connectivity index (χ0) is 13.5. The number of rotatable bonds is 7. The van der Waals surface area contributed by atoms with E-state index in [1.165, 1.54) is 0 Å². The number of aliphatic hydroxyl groups is 1. The SMILES string of the molecule is O=C(Cc1cn2ccccc2n1)NCCOCCO. The second-order valence-corrected chi connectivity index (χ2v) is 4.06. The number of carbonyl (C=O) groups excluding carboxylic acids is 1. The van der Waals surface area contributed by atoms with Crippen LogP contribution in [-0.2, 0) is 16.0 Å². The summed E-state index contributed by atoms with van der Waals surface area (Å²) in [7, 11) is 0. The van der Waals surface area contributed by atoms with Crippen LogP contribution in [0.15, 0.2) is 30.6 Å². The maximum atomic E-state index is 11.7. The first-order chi connectivity index (χ1) is 9.29. The van der Waals surface area contributed by atoms with Gasteiger partial charge in [-0.25, -0.2) is 4.98 Å². The van der Waals surface area contributed by atoms with Crippen LogP contribution in [0.5, 0.6) is 0 Å². The molecule has 0 aromatic carbocycles. The zero-order valence-electron chi connectivity index (χ0n) is 10.6. The van der Waals surface area contributed by atoms with Crippen molar-refractivity contribution in [3.8, 4) is 0 Å². The minimum atomic E-state index is -0.0870. The number of imidazole rings is 1. The van der Waals surface area contributed by atoms with E-state index in [4.69, 9.17) is 9.84 Å². The molecular weight excluding hydrogens is 246 g/mol. The van der Waals surface area contributed by atoms with Crippen molar-refractivity contribution in [1.82, 2.24) is 14.7 Å². The molecule has 2 aromatic rings. The molecule has 2 aromatic heterocycles. The van der Waals surface area contributed by atoms with Crippen molar-refractivity contribution in [2.75, 3.05) is 26.4 Å². The molecule has 0 spiro atoms. The van der Waals surface area contributed by atoms with Crippen LogP contribution in [0.4, 0.5) is 0 Å². The quantitative estimate of drug-likeness (QED) is 0.690. The molecule has 0 atom stereocenters. The number of nitrogens with zero attached hydrogens (tertiary/aromatic N) is 2. The fourth-order valence-corrected chi connectivity index (χ4v) is 1.73. The number of hydrogen-bond donors (Lipinski definition) is 2. The van der Waals surface area contributed by atoms with Gasteiger partial charge in [0, 0.05) is 18.9 Å². The Hall–Kier alpha value is -1.92. The summed E-state index contributed by atoms with van der Waals surface area (Å²) in [5.74, 6) is -0.0870. The van der Waals surface area contributed by atoms with Crippen LogP contribution in [0.3, 0.4) is 0 Å². The minimum absolute atomic E-state index is 0.00477. The Morgan fingerprint density at radius 1 is 1.42 bits per heavy atom. The molecule has 6 heteroatoms. The van der Waals surface area contributed by atoms with Gasteiger partial charge in [0.25, 0.3) is 0 Å². The third kappa shape index (κ3) is 4.04. The van der Waals surface area contributed by atoms with Crippen molar-refractivity contribution in [3.05, 3.63) is 36.3 Å². The summed E-state index contributed by atoms with van der Waals surface area (Å²) in [6.45, 7) is 1.13. The lowest BCUT2D eigenvalue weighted by Gasteiger charge is -2.04. The van der Waals surface area contributed by atoms with E-state index in [0.717, 1.165) is 11.3 Å². The Morgan fingerprint density at radius 2 is 2.32 bits per heavy atom. The highest BCUT2D eigenvalue weighted by Crippen LogP contribution is 2.04. The van der Waals surface area contributed by atoms with Gasteiger partial charge in [0.1, 0.15) is 5.65 Å². The third-order valence-electron chi connectivity index (χ3n) is 2.56. The third-order valence-corrected chi connectivity index (χ3v) is 2.56. The summed E-state index contributed by atoms with van der Waals surface area (Å²) >= 11 is 0. The molecule has 2 heterocycles. The van der Waals surface area contributed by atoms with Crippen LogP contribution in [0.25, 0.3) is 5.65 Å². The van der Waals surface area contributed by atoms with E-state index >= 15 is 0 Å².